The summed E-state index contributed by atoms with van der Waals surface area (Å²) in [6.07, 6.45) is 3.42. The van der Waals surface area contributed by atoms with E-state index in [1.54, 1.807) is 6.08 Å². The van der Waals surface area contributed by atoms with E-state index in [0.29, 0.717) is 19.3 Å². The molecule has 0 aromatic heterocycles. The zero-order valence-electron chi connectivity index (χ0n) is 7.39. The van der Waals surface area contributed by atoms with Crippen LogP contribution in [-0.4, -0.2) is 28.3 Å². The van der Waals surface area contributed by atoms with Gasteiger partial charge in [-0.3, -0.25) is 4.79 Å². The number of rotatable bonds is 3. The lowest BCUT2D eigenvalue weighted by Gasteiger charge is -2.24. The monoisotopic (exact) mass is 185 g/mol. The van der Waals surface area contributed by atoms with Gasteiger partial charge in [-0.25, -0.2) is 0 Å². The van der Waals surface area contributed by atoms with Crippen molar-refractivity contribution < 1.29 is 15.0 Å². The molecule has 4 nitrogen and oxygen atoms in total. The predicted molar refractivity (Wildman–Crippen MR) is 47.7 cm³/mol. The first-order valence-electron chi connectivity index (χ1n) is 4.42. The number of amides is 1. The molecule has 1 aliphatic carbocycles. The molecule has 0 fully saturated rings. The van der Waals surface area contributed by atoms with Gasteiger partial charge in [0.1, 0.15) is 0 Å². The van der Waals surface area contributed by atoms with Crippen LogP contribution in [-0.2, 0) is 4.79 Å². The van der Waals surface area contributed by atoms with E-state index in [9.17, 15) is 9.90 Å². The van der Waals surface area contributed by atoms with Crippen molar-refractivity contribution >= 4 is 5.91 Å². The molecular formula is C9H15NO3. The predicted octanol–water partition coefficient (Wildman–Crippen LogP) is -0.450. The molecule has 1 rings (SSSR count). The summed E-state index contributed by atoms with van der Waals surface area (Å²) in [7, 11) is 0. The number of hydrogen-bond acceptors (Lipinski definition) is 3. The normalized spacial score (nSPS) is 33.2. The molecule has 0 aromatic carbocycles. The fourth-order valence-electron chi connectivity index (χ4n) is 1.47. The molecule has 4 heteroatoms. The van der Waals surface area contributed by atoms with Crippen molar-refractivity contribution in [2.45, 2.75) is 31.5 Å². The Bertz CT molecular complexity index is 215. The van der Waals surface area contributed by atoms with Crippen molar-refractivity contribution in [1.29, 1.82) is 0 Å². The molecule has 0 spiro atoms. The van der Waals surface area contributed by atoms with E-state index in [0.717, 1.165) is 0 Å². The maximum atomic E-state index is 10.5. The Kier molecular flexibility index (Phi) is 3.45. The smallest absolute Gasteiger partial charge is 0.217 e. The number of primary amides is 1. The molecule has 0 saturated heterocycles. The third kappa shape index (κ3) is 3.16. The summed E-state index contributed by atoms with van der Waals surface area (Å²) in [6.45, 7) is 0. The van der Waals surface area contributed by atoms with Gasteiger partial charge in [0, 0.05) is 6.42 Å². The number of aliphatic hydroxyl groups excluding tert-OH is 2. The van der Waals surface area contributed by atoms with Crippen LogP contribution >= 0.6 is 0 Å². The number of carbonyl (C=O) groups excluding carboxylic acids is 1. The summed E-state index contributed by atoms with van der Waals surface area (Å²) in [5, 5.41) is 18.4. The van der Waals surface area contributed by atoms with Crippen molar-refractivity contribution in [3.63, 3.8) is 0 Å². The van der Waals surface area contributed by atoms with E-state index < -0.39 is 12.2 Å². The topological polar surface area (TPSA) is 83.6 Å². The first-order chi connectivity index (χ1) is 6.09. The molecule has 1 unspecified atom stereocenters. The highest BCUT2D eigenvalue weighted by Crippen LogP contribution is 2.22. The number of hydrogen-bond donors (Lipinski definition) is 3. The van der Waals surface area contributed by atoms with Gasteiger partial charge in [-0.15, -0.1) is 0 Å². The van der Waals surface area contributed by atoms with E-state index in [-0.39, 0.29) is 11.8 Å². The van der Waals surface area contributed by atoms with Crippen molar-refractivity contribution in [2.75, 3.05) is 0 Å². The van der Waals surface area contributed by atoms with Gasteiger partial charge < -0.3 is 15.9 Å². The summed E-state index contributed by atoms with van der Waals surface area (Å²) in [6, 6.07) is 0. The van der Waals surface area contributed by atoms with Crippen molar-refractivity contribution in [2.24, 2.45) is 11.7 Å². The van der Waals surface area contributed by atoms with Crippen LogP contribution in [0.3, 0.4) is 0 Å². The van der Waals surface area contributed by atoms with Gasteiger partial charge in [0.05, 0.1) is 12.2 Å². The molecular weight excluding hydrogens is 170 g/mol. The van der Waals surface area contributed by atoms with Crippen molar-refractivity contribution in [3.05, 3.63) is 12.2 Å². The molecule has 74 valence electrons. The van der Waals surface area contributed by atoms with Crippen LogP contribution in [0.2, 0.25) is 0 Å². The largest absolute Gasteiger partial charge is 0.390 e. The zero-order chi connectivity index (χ0) is 9.84. The molecule has 4 N–H and O–H groups in total. The molecule has 0 radical (unpaired) electrons. The Morgan fingerprint density at radius 3 is 2.69 bits per heavy atom. The second kappa shape index (κ2) is 4.39. The second-order valence-corrected chi connectivity index (χ2v) is 3.44. The van der Waals surface area contributed by atoms with Crippen LogP contribution < -0.4 is 5.73 Å². The van der Waals surface area contributed by atoms with Gasteiger partial charge >= 0.3 is 0 Å². The Morgan fingerprint density at radius 2 is 2.15 bits per heavy atom. The van der Waals surface area contributed by atoms with Crippen LogP contribution in [0.15, 0.2) is 12.2 Å². The standard InChI is InChI=1S/C9H15NO3/c10-9(13)4-2-6-1-3-7(11)8(12)5-6/h1,3,6-8,11-12H,2,4-5H2,(H2,10,13)/t6-,7?,8+/m1/s1. The molecule has 0 bridgehead atoms. The Balaban J connectivity index is 2.37. The molecule has 0 saturated carbocycles. The number of allylic oxidation sites excluding steroid dienone is 1. The minimum atomic E-state index is -0.759. The van der Waals surface area contributed by atoms with Gasteiger partial charge in [-0.1, -0.05) is 12.2 Å². The van der Waals surface area contributed by atoms with Crippen LogP contribution in [0, 0.1) is 5.92 Å². The lowest BCUT2D eigenvalue weighted by molar-refractivity contribution is -0.118. The van der Waals surface area contributed by atoms with Gasteiger partial charge in [-0.05, 0) is 18.8 Å². The maximum absolute atomic E-state index is 10.5. The summed E-state index contributed by atoms with van der Waals surface area (Å²) >= 11 is 0. The molecule has 13 heavy (non-hydrogen) atoms. The van der Waals surface area contributed by atoms with Crippen LogP contribution in [0.5, 0.6) is 0 Å². The first-order valence-corrected chi connectivity index (χ1v) is 4.42. The van der Waals surface area contributed by atoms with Crippen LogP contribution in [0.25, 0.3) is 0 Å². The fraction of sp³-hybridized carbons (Fsp3) is 0.667. The van der Waals surface area contributed by atoms with Gasteiger partial charge in [0.25, 0.3) is 0 Å². The van der Waals surface area contributed by atoms with Gasteiger partial charge in [0.15, 0.2) is 0 Å². The minimum absolute atomic E-state index is 0.158. The molecule has 3 atom stereocenters. The fourth-order valence-corrected chi connectivity index (χ4v) is 1.47. The summed E-state index contributed by atoms with van der Waals surface area (Å²) < 4.78 is 0. The van der Waals surface area contributed by atoms with E-state index in [1.807, 2.05) is 6.08 Å². The molecule has 1 aliphatic rings. The second-order valence-electron chi connectivity index (χ2n) is 3.44. The van der Waals surface area contributed by atoms with Gasteiger partial charge in [-0.2, -0.15) is 0 Å². The third-order valence-electron chi connectivity index (χ3n) is 2.28. The summed E-state index contributed by atoms with van der Waals surface area (Å²) in [5.41, 5.74) is 5.00. The lowest BCUT2D eigenvalue weighted by atomic mass is 9.88. The average Bonchev–Trinajstić information content (AvgIpc) is 2.07. The summed E-state index contributed by atoms with van der Waals surface area (Å²) in [4.78, 5) is 10.5. The quantitative estimate of drug-likeness (QED) is 0.521. The highest BCUT2D eigenvalue weighted by molar-refractivity contribution is 5.73. The lowest BCUT2D eigenvalue weighted by Crippen LogP contribution is -2.30. The average molecular weight is 185 g/mol. The van der Waals surface area contributed by atoms with Crippen LogP contribution in [0.1, 0.15) is 19.3 Å². The van der Waals surface area contributed by atoms with Crippen molar-refractivity contribution in [3.8, 4) is 0 Å². The third-order valence-corrected chi connectivity index (χ3v) is 2.28. The number of nitrogens with two attached hydrogens (primary N) is 1. The molecule has 0 aliphatic heterocycles. The highest BCUT2D eigenvalue weighted by Gasteiger charge is 2.22. The highest BCUT2D eigenvalue weighted by atomic mass is 16.3. The molecule has 1 amide bonds. The Hall–Kier alpha value is -0.870. The van der Waals surface area contributed by atoms with E-state index >= 15 is 0 Å². The summed E-state index contributed by atoms with van der Waals surface area (Å²) in [5.74, 6) is -0.167. The maximum Gasteiger partial charge on any atom is 0.217 e. The minimum Gasteiger partial charge on any atom is -0.390 e. The van der Waals surface area contributed by atoms with Crippen LogP contribution in [0.4, 0.5) is 0 Å². The van der Waals surface area contributed by atoms with E-state index in [2.05, 4.69) is 0 Å². The molecule has 0 aromatic rings. The number of carbonyl (C=O) groups is 1. The van der Waals surface area contributed by atoms with Crippen molar-refractivity contribution in [1.82, 2.24) is 0 Å². The SMILES string of the molecule is NC(=O)CC[C@H]1C=CC(O)[C@@H](O)C1. The molecule has 0 heterocycles. The van der Waals surface area contributed by atoms with E-state index in [1.165, 1.54) is 0 Å². The Morgan fingerprint density at radius 1 is 1.46 bits per heavy atom. The number of aliphatic hydroxyl groups is 2. The van der Waals surface area contributed by atoms with E-state index in [4.69, 9.17) is 10.8 Å². The zero-order valence-corrected chi connectivity index (χ0v) is 7.39. The first kappa shape index (κ1) is 10.2. The van der Waals surface area contributed by atoms with Gasteiger partial charge in [0.2, 0.25) is 5.91 Å². The Labute approximate surface area is 77.1 Å².